The van der Waals surface area contributed by atoms with Crippen molar-refractivity contribution in [3.05, 3.63) is 0 Å². The summed E-state index contributed by atoms with van der Waals surface area (Å²) >= 11 is 0. The third-order valence-corrected chi connectivity index (χ3v) is 16.9. The van der Waals surface area contributed by atoms with E-state index in [2.05, 4.69) is 55.4 Å². The normalized spacial score (nSPS) is 13.0. The minimum atomic E-state index is -5.08. The molecule has 452 valence electrons. The van der Waals surface area contributed by atoms with Gasteiger partial charge in [-0.1, -0.05) is 274 Å². The summed E-state index contributed by atoms with van der Waals surface area (Å²) in [6.45, 7) is 18.2. The Morgan fingerprint density at radius 1 is 0.382 bits per heavy atom. The van der Waals surface area contributed by atoms with Crippen molar-refractivity contribution < 1.29 is 64.8 Å². The lowest BCUT2D eigenvalue weighted by Crippen LogP contribution is -2.51. The van der Waals surface area contributed by atoms with Crippen LogP contribution in [0.1, 0.15) is 306 Å². The smallest absolute Gasteiger partial charge is 0.327 e. The summed E-state index contributed by atoms with van der Waals surface area (Å²) in [6, 6.07) is 0. The highest BCUT2D eigenvalue weighted by Crippen LogP contribution is 2.40. The van der Waals surface area contributed by atoms with Gasteiger partial charge in [-0.25, -0.2) is 0 Å². The number of unbranched alkanes of at least 4 members (excludes halogenated alkanes) is 28. The van der Waals surface area contributed by atoms with Crippen molar-refractivity contribution in [2.45, 2.75) is 316 Å². The molecule has 0 saturated heterocycles. The van der Waals surface area contributed by atoms with Crippen molar-refractivity contribution in [3.8, 4) is 0 Å². The van der Waals surface area contributed by atoms with Crippen LogP contribution in [0.3, 0.4) is 0 Å². The van der Waals surface area contributed by atoms with Crippen LogP contribution >= 0.6 is 0 Å². The second-order valence-corrected chi connectivity index (χ2v) is 26.9. The third-order valence-electron chi connectivity index (χ3n) is 14.6. The number of carboxylic acids is 2. The van der Waals surface area contributed by atoms with Gasteiger partial charge in [0.1, 0.15) is 0 Å². The van der Waals surface area contributed by atoms with Gasteiger partial charge in [-0.15, -0.1) is 0 Å². The fourth-order valence-electron chi connectivity index (χ4n) is 9.87. The molecule has 2 atom stereocenters. The molecule has 0 radical (unpaired) electrons. The van der Waals surface area contributed by atoms with Gasteiger partial charge in [0.15, 0.2) is 10.5 Å². The molecule has 0 amide bonds. The van der Waals surface area contributed by atoms with Gasteiger partial charge in [0.05, 0.1) is 25.0 Å². The Balaban J connectivity index is 0. The van der Waals surface area contributed by atoms with E-state index in [1.54, 1.807) is 0 Å². The maximum absolute atomic E-state index is 12.4. The molecule has 2 unspecified atom stereocenters. The van der Waals surface area contributed by atoms with E-state index in [0.717, 1.165) is 114 Å². The Morgan fingerprint density at radius 2 is 0.645 bits per heavy atom. The summed E-state index contributed by atoms with van der Waals surface area (Å²) in [7, 11) is -9.84. The number of hydrogen-bond donors (Lipinski definition) is 4. The van der Waals surface area contributed by atoms with Crippen LogP contribution in [0, 0.1) is 29.1 Å². The highest BCUT2D eigenvalue weighted by Gasteiger charge is 2.55. The van der Waals surface area contributed by atoms with Crippen LogP contribution in [0.15, 0.2) is 0 Å². The molecular weight excluding hydrogens is 1010 g/mol. The van der Waals surface area contributed by atoms with Crippen LogP contribution in [-0.2, 0) is 48.9 Å². The Kier molecular flexibility index (Phi) is 47.4. The summed E-state index contributed by atoms with van der Waals surface area (Å²) in [5.41, 5.74) is -2.02. The van der Waals surface area contributed by atoms with Crippen molar-refractivity contribution in [2.24, 2.45) is 29.1 Å². The molecule has 0 bridgehead atoms. The lowest BCUT2D eigenvalue weighted by atomic mass is 9.74. The number of hydrogen-bond acceptors (Lipinski definition) is 10. The van der Waals surface area contributed by atoms with E-state index in [-0.39, 0.29) is 26.1 Å². The quantitative estimate of drug-likeness (QED) is 0.0252. The predicted octanol–water partition coefficient (Wildman–Crippen LogP) is 16.6. The van der Waals surface area contributed by atoms with Crippen LogP contribution in [0.2, 0.25) is 0 Å². The molecule has 0 aromatic rings. The zero-order valence-corrected chi connectivity index (χ0v) is 51.3. The molecule has 0 aromatic carbocycles. The van der Waals surface area contributed by atoms with Crippen molar-refractivity contribution in [1.29, 1.82) is 0 Å². The monoisotopic (exact) mass is 1120 g/mol. The Bertz CT molecular complexity index is 1630. The fraction of sp³-hybridized carbons (Fsp3) is 0.933. The highest BCUT2D eigenvalue weighted by molar-refractivity contribution is 7.87. The summed E-state index contributed by atoms with van der Waals surface area (Å²) in [4.78, 5) is 48.6. The van der Waals surface area contributed by atoms with E-state index in [4.69, 9.17) is 9.47 Å². The molecule has 14 nitrogen and oxygen atoms in total. The van der Waals surface area contributed by atoms with Crippen LogP contribution in [0.5, 0.6) is 0 Å². The first-order chi connectivity index (χ1) is 35.9. The average molecular weight is 1130 g/mol. The predicted molar refractivity (Wildman–Crippen MR) is 310 cm³/mol. The summed E-state index contributed by atoms with van der Waals surface area (Å²) < 4.78 is 76.7. The second kappa shape index (κ2) is 47.5. The summed E-state index contributed by atoms with van der Waals surface area (Å²) in [6.07, 6.45) is 37.4. The molecule has 0 fully saturated rings. The first kappa shape index (κ1) is 75.8. The van der Waals surface area contributed by atoms with Crippen LogP contribution in [0.4, 0.5) is 0 Å². The molecule has 16 heteroatoms. The molecule has 0 heterocycles. The molecule has 0 rings (SSSR count). The molecule has 0 aliphatic heterocycles. The first-order valence-electron chi connectivity index (χ1n) is 30.6. The minimum absolute atomic E-state index is 0.0661. The van der Waals surface area contributed by atoms with Crippen LogP contribution in [-0.4, -0.2) is 83.7 Å². The van der Waals surface area contributed by atoms with Gasteiger partial charge in [0, 0.05) is 0 Å². The van der Waals surface area contributed by atoms with E-state index < -0.39 is 66.4 Å². The van der Waals surface area contributed by atoms with E-state index >= 15 is 0 Å². The molecule has 0 aliphatic rings. The van der Waals surface area contributed by atoms with E-state index in [0.29, 0.717) is 25.7 Å². The lowest BCUT2D eigenvalue weighted by molar-refractivity contribution is -0.156. The number of carbonyl (C=O) groups excluding carboxylic acids is 2. The van der Waals surface area contributed by atoms with Gasteiger partial charge in [0.25, 0.3) is 20.2 Å². The summed E-state index contributed by atoms with van der Waals surface area (Å²) in [5, 5.41) is 15.5. The van der Waals surface area contributed by atoms with Crippen molar-refractivity contribution in [1.82, 2.24) is 0 Å². The maximum Gasteiger partial charge on any atom is 0.327 e. The molecule has 0 saturated carbocycles. The number of esters is 2. The highest BCUT2D eigenvalue weighted by atomic mass is 32.2. The van der Waals surface area contributed by atoms with Gasteiger partial charge in [0.2, 0.25) is 0 Å². The van der Waals surface area contributed by atoms with Gasteiger partial charge >= 0.3 is 23.9 Å². The second-order valence-electron chi connectivity index (χ2n) is 23.8. The molecule has 4 N–H and O–H groups in total. The number of carboxylic acid groups (broad SMARTS) is 2. The zero-order valence-electron chi connectivity index (χ0n) is 49.6. The summed E-state index contributed by atoms with van der Waals surface area (Å²) in [5.74, 6) is -2.16. The van der Waals surface area contributed by atoms with Crippen molar-refractivity contribution >= 4 is 44.1 Å². The molecule has 76 heavy (non-hydrogen) atoms. The molecule has 0 aromatic heterocycles. The standard InChI is InChI=1S/2C30H58O7S/c1-26(2)21-17-13-9-5-7-11-15-19-23-36-29(31)25-28(38(33,34)35)30(32)37-24-20-16-12-8-6-10-14-18-22-27(3)4;1-25(2)21-17-13-9-5-7-11-15-19-23-30(29(33)34,27(28(31)32)38(35,36)37)24-20-16-12-8-6-10-14-18-22-26(3)4/h26-28H,5-25H2,1-4H3,(H,33,34,35);25-27H,5-24H2,1-4H3,(H,31,32)(H,33,34)(H,35,36,37). The fourth-order valence-corrected chi connectivity index (χ4v) is 11.7. The maximum atomic E-state index is 12.4. The van der Waals surface area contributed by atoms with E-state index in [9.17, 15) is 55.3 Å². The van der Waals surface area contributed by atoms with E-state index in [1.165, 1.54) is 116 Å². The average Bonchev–Trinajstić information content (AvgIpc) is 3.31. The number of carbonyl (C=O) groups is 4. The molecule has 0 spiro atoms. The SMILES string of the molecule is CC(C)CCCCCCCCCCC(CCCCCCCCCCC(C)C)(C(=O)O)C(C(=O)O)S(=O)(=O)O.CC(C)CCCCCCCCCCOC(=O)CC(C(=O)OCCCCCCCCCCC(C)C)S(=O)(=O)O. The van der Waals surface area contributed by atoms with Gasteiger partial charge in [-0.05, 0) is 49.4 Å². The van der Waals surface area contributed by atoms with Gasteiger partial charge in [-0.2, -0.15) is 16.8 Å². The van der Waals surface area contributed by atoms with Crippen LogP contribution in [0.25, 0.3) is 0 Å². The zero-order chi connectivity index (χ0) is 57.7. The number of rotatable bonds is 52. The van der Waals surface area contributed by atoms with Gasteiger partial charge in [-0.3, -0.25) is 28.3 Å². The van der Waals surface area contributed by atoms with Crippen LogP contribution < -0.4 is 0 Å². The third kappa shape index (κ3) is 44.5. The Morgan fingerprint density at radius 3 is 0.895 bits per heavy atom. The topological polar surface area (TPSA) is 236 Å². The lowest BCUT2D eigenvalue weighted by Gasteiger charge is -2.33. The van der Waals surface area contributed by atoms with Crippen molar-refractivity contribution in [2.75, 3.05) is 13.2 Å². The largest absolute Gasteiger partial charge is 0.481 e. The van der Waals surface area contributed by atoms with Gasteiger partial charge < -0.3 is 19.7 Å². The molecule has 0 aliphatic carbocycles. The Labute approximate surface area is 465 Å². The van der Waals surface area contributed by atoms with Crippen molar-refractivity contribution in [3.63, 3.8) is 0 Å². The Hall–Kier alpha value is -2.30. The molecular formula is C60H116O14S2. The first-order valence-corrected chi connectivity index (χ1v) is 33.6. The number of aliphatic carboxylic acids is 2. The van der Waals surface area contributed by atoms with E-state index in [1.807, 2.05) is 0 Å². The minimum Gasteiger partial charge on any atom is -0.481 e. The number of ether oxygens (including phenoxy) is 2.